The minimum atomic E-state index is -4.96. The van der Waals surface area contributed by atoms with Crippen LogP contribution in [-0.4, -0.2) is 45.4 Å². The number of hydrogen-bond donors (Lipinski definition) is 0. The lowest BCUT2D eigenvalue weighted by atomic mass is 10.1. The van der Waals surface area contributed by atoms with Gasteiger partial charge >= 0.3 is 6.36 Å². The Labute approximate surface area is 167 Å². The molecule has 0 saturated carbocycles. The van der Waals surface area contributed by atoms with Gasteiger partial charge in [-0.15, -0.1) is 13.2 Å². The number of hydrogen-bond acceptors (Lipinski definition) is 6. The van der Waals surface area contributed by atoms with E-state index in [1.165, 1.54) is 30.6 Å². The molecule has 0 radical (unpaired) electrons. The van der Waals surface area contributed by atoms with E-state index in [2.05, 4.69) is 19.9 Å². The second kappa shape index (κ2) is 7.39. The number of likely N-dealkylation sites (tertiary alicyclic amines) is 1. The van der Waals surface area contributed by atoms with E-state index in [9.17, 15) is 18.0 Å². The molecule has 156 valence electrons. The Morgan fingerprint density at radius 1 is 1.17 bits per heavy atom. The Hall–Kier alpha value is -3.50. The van der Waals surface area contributed by atoms with E-state index in [1.54, 1.807) is 12.1 Å². The molecule has 0 aliphatic carbocycles. The summed E-state index contributed by atoms with van der Waals surface area (Å²) >= 11 is 0. The maximum atomic E-state index is 15.5. The topological polar surface area (TPSA) is 81.4 Å². The lowest BCUT2D eigenvalue weighted by Gasteiger charge is -2.20. The number of ether oxygens (including phenoxy) is 1. The van der Waals surface area contributed by atoms with Crippen LogP contribution in [0.3, 0.4) is 0 Å². The zero-order valence-electron chi connectivity index (χ0n) is 15.3. The third kappa shape index (κ3) is 3.95. The number of carbonyl (C=O) groups excluding carboxylic acids is 1. The fraction of sp³-hybridized carbons (Fsp3) is 0.263. The van der Waals surface area contributed by atoms with Crippen molar-refractivity contribution in [1.29, 1.82) is 0 Å². The summed E-state index contributed by atoms with van der Waals surface area (Å²) in [6.07, 6.45) is -2.06. The van der Waals surface area contributed by atoms with Crippen LogP contribution in [0.1, 0.15) is 22.6 Å². The van der Waals surface area contributed by atoms with Gasteiger partial charge in [-0.2, -0.15) is 4.98 Å². The molecular formula is C19H14F4N4O3. The number of halogens is 4. The molecule has 1 fully saturated rings. The highest BCUT2D eigenvalue weighted by atomic mass is 19.4. The summed E-state index contributed by atoms with van der Waals surface area (Å²) in [4.78, 5) is 21.8. The molecule has 11 heteroatoms. The lowest BCUT2D eigenvalue weighted by Crippen LogP contribution is -2.33. The Bertz CT molecular complexity index is 1060. The molecule has 30 heavy (non-hydrogen) atoms. The maximum absolute atomic E-state index is 15.5. The number of aromatic nitrogens is 3. The van der Waals surface area contributed by atoms with Crippen LogP contribution in [0.5, 0.6) is 5.75 Å². The quantitative estimate of drug-likeness (QED) is 0.596. The molecule has 0 bridgehead atoms. The second-order valence-corrected chi connectivity index (χ2v) is 6.65. The molecule has 1 saturated heterocycles. The van der Waals surface area contributed by atoms with Crippen molar-refractivity contribution in [2.24, 2.45) is 0 Å². The molecule has 7 nitrogen and oxygen atoms in total. The van der Waals surface area contributed by atoms with Gasteiger partial charge in [0.1, 0.15) is 5.75 Å². The predicted octanol–water partition coefficient (Wildman–Crippen LogP) is 3.74. The van der Waals surface area contributed by atoms with Gasteiger partial charge in [-0.05, 0) is 24.3 Å². The predicted molar refractivity (Wildman–Crippen MR) is 94.0 cm³/mol. The van der Waals surface area contributed by atoms with Crippen molar-refractivity contribution < 1.29 is 31.6 Å². The number of para-hydroxylation sites is 1. The van der Waals surface area contributed by atoms with Gasteiger partial charge in [-0.3, -0.25) is 9.78 Å². The molecule has 4 rings (SSSR count). The van der Waals surface area contributed by atoms with Gasteiger partial charge in [-0.25, -0.2) is 4.39 Å². The van der Waals surface area contributed by atoms with Crippen LogP contribution in [-0.2, 0) is 5.67 Å². The first-order valence-electron chi connectivity index (χ1n) is 8.83. The fourth-order valence-corrected chi connectivity index (χ4v) is 3.17. The first kappa shape index (κ1) is 19.8. The summed E-state index contributed by atoms with van der Waals surface area (Å²) in [5.74, 6) is -1.57. The zero-order chi connectivity index (χ0) is 21.4. The standard InChI is InChI=1S/C19H14F4N4O3/c20-18(17-25-15(30-26-17)12-5-8-24-9-6-12)7-10-27(11-18)16(28)13-3-1-2-4-14(13)29-19(21,22)23/h1-6,8-9H,7,10-11H2. The third-order valence-electron chi connectivity index (χ3n) is 4.60. The molecular weight excluding hydrogens is 408 g/mol. The zero-order valence-corrected chi connectivity index (χ0v) is 15.3. The molecule has 1 unspecified atom stereocenters. The number of alkyl halides is 4. The Kier molecular flexibility index (Phi) is 4.88. The van der Waals surface area contributed by atoms with Crippen LogP contribution in [0, 0.1) is 0 Å². The largest absolute Gasteiger partial charge is 0.573 e. The first-order chi connectivity index (χ1) is 14.3. The van der Waals surface area contributed by atoms with Crippen LogP contribution >= 0.6 is 0 Å². The molecule has 1 aliphatic rings. The van der Waals surface area contributed by atoms with Gasteiger partial charge in [0.25, 0.3) is 11.8 Å². The van der Waals surface area contributed by atoms with Crippen molar-refractivity contribution >= 4 is 5.91 Å². The number of rotatable bonds is 4. The van der Waals surface area contributed by atoms with E-state index >= 15 is 4.39 Å². The molecule has 1 atom stereocenters. The summed E-state index contributed by atoms with van der Waals surface area (Å²) in [5.41, 5.74) is -1.86. The van der Waals surface area contributed by atoms with Gasteiger partial charge < -0.3 is 14.2 Å². The van der Waals surface area contributed by atoms with E-state index < -0.39 is 30.2 Å². The minimum absolute atomic E-state index is 0.0329. The van der Waals surface area contributed by atoms with Crippen molar-refractivity contribution in [2.75, 3.05) is 13.1 Å². The van der Waals surface area contributed by atoms with Crippen LogP contribution in [0.25, 0.3) is 11.5 Å². The monoisotopic (exact) mass is 422 g/mol. The van der Waals surface area contributed by atoms with Crippen molar-refractivity contribution in [3.63, 3.8) is 0 Å². The molecule has 0 N–H and O–H groups in total. The van der Waals surface area contributed by atoms with Gasteiger partial charge in [-0.1, -0.05) is 17.3 Å². The number of pyridine rings is 1. The van der Waals surface area contributed by atoms with Crippen molar-refractivity contribution in [2.45, 2.75) is 18.5 Å². The highest BCUT2D eigenvalue weighted by Gasteiger charge is 2.46. The average molecular weight is 422 g/mol. The third-order valence-corrected chi connectivity index (χ3v) is 4.60. The number of amides is 1. The van der Waals surface area contributed by atoms with Crippen LogP contribution in [0.4, 0.5) is 17.6 Å². The van der Waals surface area contributed by atoms with Crippen molar-refractivity contribution in [3.8, 4) is 17.2 Å². The van der Waals surface area contributed by atoms with Gasteiger partial charge in [0.2, 0.25) is 5.82 Å². The highest BCUT2D eigenvalue weighted by molar-refractivity contribution is 5.97. The molecule has 3 heterocycles. The van der Waals surface area contributed by atoms with Gasteiger partial charge in [0.05, 0.1) is 12.1 Å². The SMILES string of the molecule is O=C(c1ccccc1OC(F)(F)F)N1CCC(F)(c2noc(-c3ccncc3)n2)C1. The summed E-state index contributed by atoms with van der Waals surface area (Å²) in [6.45, 7) is -0.462. The summed E-state index contributed by atoms with van der Waals surface area (Å²) in [7, 11) is 0. The molecule has 2 aromatic heterocycles. The maximum Gasteiger partial charge on any atom is 0.573 e. The Morgan fingerprint density at radius 2 is 1.90 bits per heavy atom. The Balaban J connectivity index is 1.54. The molecule has 3 aromatic rings. The second-order valence-electron chi connectivity index (χ2n) is 6.65. The van der Waals surface area contributed by atoms with E-state index in [4.69, 9.17) is 4.52 Å². The van der Waals surface area contributed by atoms with Crippen molar-refractivity contribution in [1.82, 2.24) is 20.0 Å². The van der Waals surface area contributed by atoms with Gasteiger partial charge in [0, 0.05) is 30.9 Å². The van der Waals surface area contributed by atoms with Crippen LogP contribution in [0.2, 0.25) is 0 Å². The molecule has 1 aromatic carbocycles. The van der Waals surface area contributed by atoms with E-state index in [0.29, 0.717) is 5.56 Å². The first-order valence-corrected chi connectivity index (χ1v) is 8.83. The molecule has 1 aliphatic heterocycles. The summed E-state index contributed by atoms with van der Waals surface area (Å²) in [6, 6.07) is 8.16. The van der Waals surface area contributed by atoms with Crippen LogP contribution < -0.4 is 4.74 Å². The van der Waals surface area contributed by atoms with E-state index in [1.807, 2.05) is 0 Å². The van der Waals surface area contributed by atoms with E-state index in [0.717, 1.165) is 11.0 Å². The number of benzene rings is 1. The smallest absolute Gasteiger partial charge is 0.405 e. The van der Waals surface area contributed by atoms with E-state index in [-0.39, 0.29) is 30.2 Å². The molecule has 0 spiro atoms. The van der Waals surface area contributed by atoms with Crippen LogP contribution in [0.15, 0.2) is 53.3 Å². The lowest BCUT2D eigenvalue weighted by molar-refractivity contribution is -0.274. The number of carbonyl (C=O) groups is 1. The number of nitrogens with zero attached hydrogens (tertiary/aromatic N) is 4. The normalized spacial score (nSPS) is 19.1. The Morgan fingerprint density at radius 3 is 2.63 bits per heavy atom. The fourth-order valence-electron chi connectivity index (χ4n) is 3.17. The summed E-state index contributed by atoms with van der Waals surface area (Å²) < 4.78 is 62.3. The van der Waals surface area contributed by atoms with Gasteiger partial charge in [0.15, 0.2) is 5.67 Å². The molecule has 1 amide bonds. The van der Waals surface area contributed by atoms with Crippen molar-refractivity contribution in [3.05, 3.63) is 60.2 Å². The highest BCUT2D eigenvalue weighted by Crippen LogP contribution is 2.37. The average Bonchev–Trinajstić information content (AvgIpc) is 3.36. The summed E-state index contributed by atoms with van der Waals surface area (Å²) in [5, 5.41) is 3.69. The minimum Gasteiger partial charge on any atom is -0.405 e.